The largest absolute Gasteiger partial charge is 0.393 e. The predicted molar refractivity (Wildman–Crippen MR) is 65.4 cm³/mol. The van der Waals surface area contributed by atoms with Crippen LogP contribution >= 0.6 is 24.2 Å². The summed E-state index contributed by atoms with van der Waals surface area (Å²) in [5.74, 6) is 0.528. The van der Waals surface area contributed by atoms with E-state index in [1.807, 2.05) is 0 Å². The van der Waals surface area contributed by atoms with E-state index in [0.717, 1.165) is 0 Å². The topological polar surface area (TPSA) is 69.2 Å². The average Bonchev–Trinajstić information content (AvgIpc) is 2.18. The normalized spacial score (nSPS) is 10.8. The van der Waals surface area contributed by atoms with Crippen LogP contribution in [0, 0.1) is 10.1 Å². The summed E-state index contributed by atoms with van der Waals surface area (Å²) in [7, 11) is 0. The summed E-state index contributed by atoms with van der Waals surface area (Å²) in [4.78, 5) is 10.1. The smallest absolute Gasteiger partial charge is 0.294 e. The van der Waals surface area contributed by atoms with Crippen LogP contribution in [0.15, 0.2) is 18.2 Å². The van der Waals surface area contributed by atoms with Crippen LogP contribution in [0.3, 0.4) is 0 Å². The molecule has 0 spiro atoms. The molecule has 0 atom stereocenters. The van der Waals surface area contributed by atoms with Gasteiger partial charge in [-0.05, 0) is 6.07 Å². The van der Waals surface area contributed by atoms with Crippen molar-refractivity contribution in [2.45, 2.75) is 0 Å². The first-order valence-corrected chi connectivity index (χ1v) is 5.08. The first-order chi connectivity index (χ1) is 7.06. The number of rotatable bonds is 3. The minimum Gasteiger partial charge on any atom is -0.393 e. The minimum atomic E-state index is -0.556. The summed E-state index contributed by atoms with van der Waals surface area (Å²) in [6, 6.07) is 2.80. The van der Waals surface area contributed by atoms with Crippen molar-refractivity contribution in [2.24, 2.45) is 0 Å². The van der Waals surface area contributed by atoms with Crippen molar-refractivity contribution in [2.75, 3.05) is 11.5 Å². The van der Waals surface area contributed by atoms with E-state index in [9.17, 15) is 10.1 Å². The van der Waals surface area contributed by atoms with E-state index in [4.69, 9.17) is 17.3 Å². The van der Waals surface area contributed by atoms with Gasteiger partial charge in [0.25, 0.3) is 5.69 Å². The van der Waals surface area contributed by atoms with Crippen LogP contribution < -0.4 is 5.73 Å². The van der Waals surface area contributed by atoms with Crippen molar-refractivity contribution >= 4 is 41.7 Å². The van der Waals surface area contributed by atoms with Crippen LogP contribution in [0.1, 0.15) is 5.56 Å². The first kappa shape index (κ1) is 11.9. The Kier molecular flexibility index (Phi) is 3.99. The third kappa shape index (κ3) is 2.87. The highest BCUT2D eigenvalue weighted by molar-refractivity contribution is 7.80. The van der Waals surface area contributed by atoms with Gasteiger partial charge in [0.15, 0.2) is 0 Å². The molecular formula is C9H9ClN2O2S. The molecule has 1 aromatic rings. The third-order valence-corrected chi connectivity index (χ3v) is 2.18. The molecule has 0 aliphatic heterocycles. The molecule has 1 aromatic carbocycles. The maximum absolute atomic E-state index is 10.6. The van der Waals surface area contributed by atoms with E-state index in [-0.39, 0.29) is 16.4 Å². The zero-order valence-corrected chi connectivity index (χ0v) is 9.33. The van der Waals surface area contributed by atoms with Gasteiger partial charge in [-0.1, -0.05) is 23.8 Å². The number of thiol groups is 1. The Morgan fingerprint density at radius 3 is 2.80 bits per heavy atom. The summed E-state index contributed by atoms with van der Waals surface area (Å²) in [6.07, 6.45) is 3.38. The lowest BCUT2D eigenvalue weighted by molar-refractivity contribution is -0.383. The molecule has 4 nitrogen and oxygen atoms in total. The maximum Gasteiger partial charge on any atom is 0.294 e. The molecule has 6 heteroatoms. The Hall–Kier alpha value is -1.20. The Labute approximate surface area is 97.3 Å². The quantitative estimate of drug-likeness (QED) is 0.372. The minimum absolute atomic E-state index is 0.113. The van der Waals surface area contributed by atoms with Crippen molar-refractivity contribution in [3.05, 3.63) is 38.9 Å². The Bertz CT molecular complexity index is 421. The van der Waals surface area contributed by atoms with E-state index in [1.165, 1.54) is 6.07 Å². The van der Waals surface area contributed by atoms with Crippen molar-refractivity contribution in [1.82, 2.24) is 0 Å². The molecule has 0 amide bonds. The molecule has 0 heterocycles. The molecule has 0 saturated carbocycles. The molecule has 0 aromatic heterocycles. The summed E-state index contributed by atoms with van der Waals surface area (Å²) < 4.78 is 0. The van der Waals surface area contributed by atoms with Gasteiger partial charge in [-0.25, -0.2) is 0 Å². The summed E-state index contributed by atoms with van der Waals surface area (Å²) in [5.41, 5.74) is 6.08. The van der Waals surface area contributed by atoms with Crippen LogP contribution in [-0.2, 0) is 0 Å². The lowest BCUT2D eigenvalue weighted by Gasteiger charge is -2.02. The van der Waals surface area contributed by atoms with E-state index < -0.39 is 4.92 Å². The number of hydrogen-bond donors (Lipinski definition) is 2. The number of halogens is 1. The Morgan fingerprint density at radius 2 is 2.27 bits per heavy atom. The number of nitro groups is 1. The number of hydrogen-bond acceptors (Lipinski definition) is 4. The van der Waals surface area contributed by atoms with Crippen molar-refractivity contribution in [1.29, 1.82) is 0 Å². The second-order valence-electron chi connectivity index (χ2n) is 2.77. The standard InChI is InChI=1S/C9H9ClN2O2S/c10-7-4-6(2-1-3-15)9(11)8(5-7)12(13)14/h1-2,4-5,15H,3,11H2. The SMILES string of the molecule is Nc1c(C=CCS)cc(Cl)cc1[N+](=O)[O-]. The predicted octanol–water partition coefficient (Wildman–Crippen LogP) is 2.77. The fourth-order valence-electron chi connectivity index (χ4n) is 1.09. The molecule has 1 rings (SSSR count). The number of nitrogens with zero attached hydrogens (tertiary/aromatic N) is 1. The van der Waals surface area contributed by atoms with Crippen LogP contribution in [0.4, 0.5) is 11.4 Å². The first-order valence-electron chi connectivity index (χ1n) is 4.07. The van der Waals surface area contributed by atoms with Crippen molar-refractivity contribution in [3.63, 3.8) is 0 Å². The highest BCUT2D eigenvalue weighted by Gasteiger charge is 2.14. The van der Waals surface area contributed by atoms with Crippen molar-refractivity contribution in [3.8, 4) is 0 Å². The van der Waals surface area contributed by atoms with Gasteiger partial charge < -0.3 is 5.73 Å². The number of anilines is 1. The zero-order chi connectivity index (χ0) is 11.4. The van der Waals surface area contributed by atoms with E-state index >= 15 is 0 Å². The summed E-state index contributed by atoms with van der Waals surface area (Å²) in [5, 5.41) is 10.9. The average molecular weight is 245 g/mol. The van der Waals surface area contributed by atoms with Gasteiger partial charge in [0, 0.05) is 22.4 Å². The van der Waals surface area contributed by atoms with Crippen LogP contribution in [0.5, 0.6) is 0 Å². The van der Waals surface area contributed by atoms with E-state index in [2.05, 4.69) is 12.6 Å². The van der Waals surface area contributed by atoms with Gasteiger partial charge in [-0.3, -0.25) is 10.1 Å². The maximum atomic E-state index is 10.6. The van der Waals surface area contributed by atoms with Crippen LogP contribution in [0.2, 0.25) is 5.02 Å². The number of nitro benzene ring substituents is 1. The van der Waals surface area contributed by atoms with Gasteiger partial charge in [-0.15, -0.1) is 0 Å². The van der Waals surface area contributed by atoms with Crippen LogP contribution in [-0.4, -0.2) is 10.7 Å². The molecule has 0 aliphatic carbocycles. The Morgan fingerprint density at radius 1 is 1.60 bits per heavy atom. The number of nitrogens with two attached hydrogens (primary N) is 1. The second kappa shape index (κ2) is 5.04. The molecule has 0 radical (unpaired) electrons. The number of nitrogen functional groups attached to an aromatic ring is 1. The summed E-state index contributed by atoms with van der Waals surface area (Å²) in [6.45, 7) is 0. The molecule has 80 valence electrons. The third-order valence-electron chi connectivity index (χ3n) is 1.75. The van der Waals surface area contributed by atoms with Crippen LogP contribution in [0.25, 0.3) is 6.08 Å². The van der Waals surface area contributed by atoms with Gasteiger partial charge in [0.1, 0.15) is 5.69 Å². The zero-order valence-electron chi connectivity index (χ0n) is 7.68. The monoisotopic (exact) mass is 244 g/mol. The summed E-state index contributed by atoms with van der Waals surface area (Å²) >= 11 is 9.71. The molecule has 0 unspecified atom stereocenters. The molecule has 0 fully saturated rings. The lowest BCUT2D eigenvalue weighted by atomic mass is 10.1. The molecule has 0 aliphatic rings. The molecule has 0 bridgehead atoms. The molecule has 15 heavy (non-hydrogen) atoms. The molecule has 2 N–H and O–H groups in total. The van der Waals surface area contributed by atoms with E-state index in [0.29, 0.717) is 11.3 Å². The highest BCUT2D eigenvalue weighted by Crippen LogP contribution is 2.30. The van der Waals surface area contributed by atoms with Crippen molar-refractivity contribution < 1.29 is 4.92 Å². The number of benzene rings is 1. The van der Waals surface area contributed by atoms with Gasteiger partial charge >= 0.3 is 0 Å². The van der Waals surface area contributed by atoms with Gasteiger partial charge in [-0.2, -0.15) is 12.6 Å². The fraction of sp³-hybridized carbons (Fsp3) is 0.111. The fourth-order valence-corrected chi connectivity index (χ4v) is 1.42. The van der Waals surface area contributed by atoms with Gasteiger partial charge in [0.2, 0.25) is 0 Å². The highest BCUT2D eigenvalue weighted by atomic mass is 35.5. The van der Waals surface area contributed by atoms with Gasteiger partial charge in [0.05, 0.1) is 4.92 Å². The molecular weight excluding hydrogens is 236 g/mol. The lowest BCUT2D eigenvalue weighted by Crippen LogP contribution is -1.98. The molecule has 0 saturated heterocycles. The Balaban J connectivity index is 3.28. The van der Waals surface area contributed by atoms with E-state index in [1.54, 1.807) is 18.2 Å². The second-order valence-corrected chi connectivity index (χ2v) is 3.57.